The van der Waals surface area contributed by atoms with Crippen LogP contribution < -0.4 is 9.62 Å². The van der Waals surface area contributed by atoms with Crippen LogP contribution in [0.5, 0.6) is 0 Å². The zero-order chi connectivity index (χ0) is 25.5. The largest absolute Gasteiger partial charge is 0.350 e. The van der Waals surface area contributed by atoms with Gasteiger partial charge in [0, 0.05) is 25.0 Å². The number of aryl methyl sites for hydroxylation is 1. The third kappa shape index (κ3) is 8.48. The second kappa shape index (κ2) is 11.5. The Morgan fingerprint density at radius 1 is 1.00 bits per heavy atom. The van der Waals surface area contributed by atoms with Crippen LogP contribution in [0, 0.1) is 6.92 Å². The standard InChI is InChI=1S/C26H37N3O4S/c1-20-14-16-22(17-15-20)19-28(21(2)25(31)27-26(3,4)5)24(30)13-10-18-29(34(6,32)33)23-11-8-7-9-12-23/h7-9,11-12,14-17,21H,10,13,18-19H2,1-6H3,(H,27,31). The van der Waals surface area contributed by atoms with Crippen LogP contribution in [0.2, 0.25) is 0 Å². The van der Waals surface area contributed by atoms with Gasteiger partial charge in [0.25, 0.3) is 0 Å². The minimum Gasteiger partial charge on any atom is -0.350 e. The van der Waals surface area contributed by atoms with Crippen molar-refractivity contribution in [2.45, 2.75) is 65.6 Å². The van der Waals surface area contributed by atoms with Crippen LogP contribution in [0.25, 0.3) is 0 Å². The lowest BCUT2D eigenvalue weighted by molar-refractivity contribution is -0.141. The van der Waals surface area contributed by atoms with Crippen molar-refractivity contribution in [3.05, 3.63) is 65.7 Å². The number of carbonyl (C=O) groups excluding carboxylic acids is 2. The summed E-state index contributed by atoms with van der Waals surface area (Å²) in [6.45, 7) is 9.88. The molecule has 1 N–H and O–H groups in total. The van der Waals surface area contributed by atoms with Gasteiger partial charge in [-0.25, -0.2) is 8.42 Å². The predicted octanol–water partition coefficient (Wildman–Crippen LogP) is 3.87. The molecule has 2 amide bonds. The van der Waals surface area contributed by atoms with Gasteiger partial charge in [-0.2, -0.15) is 0 Å². The maximum absolute atomic E-state index is 13.3. The molecular formula is C26H37N3O4S. The number of sulfonamides is 1. The molecule has 2 aromatic carbocycles. The predicted molar refractivity (Wildman–Crippen MR) is 137 cm³/mol. The van der Waals surface area contributed by atoms with Gasteiger partial charge in [0.1, 0.15) is 6.04 Å². The lowest BCUT2D eigenvalue weighted by Gasteiger charge is -2.32. The molecule has 34 heavy (non-hydrogen) atoms. The summed E-state index contributed by atoms with van der Waals surface area (Å²) in [7, 11) is -3.49. The summed E-state index contributed by atoms with van der Waals surface area (Å²) in [5.41, 5.74) is 2.18. The van der Waals surface area contributed by atoms with E-state index in [4.69, 9.17) is 0 Å². The number of hydrogen-bond acceptors (Lipinski definition) is 4. The van der Waals surface area contributed by atoms with Crippen molar-refractivity contribution in [2.24, 2.45) is 0 Å². The lowest BCUT2D eigenvalue weighted by atomic mass is 10.1. The number of carbonyl (C=O) groups is 2. The Hall–Kier alpha value is -2.87. The van der Waals surface area contributed by atoms with Gasteiger partial charge in [-0.15, -0.1) is 0 Å². The number of hydrogen-bond donors (Lipinski definition) is 1. The van der Waals surface area contributed by atoms with Crippen LogP contribution in [0.3, 0.4) is 0 Å². The fourth-order valence-electron chi connectivity index (χ4n) is 3.55. The minimum atomic E-state index is -3.49. The quantitative estimate of drug-likeness (QED) is 0.551. The molecule has 0 heterocycles. The van der Waals surface area contributed by atoms with E-state index >= 15 is 0 Å². The molecule has 1 unspecified atom stereocenters. The maximum atomic E-state index is 13.3. The molecule has 7 nitrogen and oxygen atoms in total. The number of benzene rings is 2. The van der Waals surface area contributed by atoms with E-state index in [2.05, 4.69) is 5.32 Å². The smallest absolute Gasteiger partial charge is 0.242 e. The average Bonchev–Trinajstić information content (AvgIpc) is 2.74. The van der Waals surface area contributed by atoms with E-state index < -0.39 is 21.6 Å². The third-order valence-corrected chi connectivity index (χ3v) is 6.53. The summed E-state index contributed by atoms with van der Waals surface area (Å²) >= 11 is 0. The van der Waals surface area contributed by atoms with Gasteiger partial charge in [0.15, 0.2) is 0 Å². The molecule has 0 spiro atoms. The zero-order valence-electron chi connectivity index (χ0n) is 21.0. The highest BCUT2D eigenvalue weighted by Crippen LogP contribution is 2.19. The first-order valence-electron chi connectivity index (χ1n) is 11.5. The molecule has 8 heteroatoms. The number of rotatable bonds is 10. The topological polar surface area (TPSA) is 86.8 Å². The van der Waals surface area contributed by atoms with E-state index in [9.17, 15) is 18.0 Å². The van der Waals surface area contributed by atoms with Crippen molar-refractivity contribution in [2.75, 3.05) is 17.1 Å². The van der Waals surface area contributed by atoms with Crippen LogP contribution in [0.1, 0.15) is 51.7 Å². The van der Waals surface area contributed by atoms with E-state index in [0.717, 1.165) is 17.4 Å². The van der Waals surface area contributed by atoms with Crippen molar-refractivity contribution >= 4 is 27.5 Å². The first kappa shape index (κ1) is 27.4. The van der Waals surface area contributed by atoms with Crippen molar-refractivity contribution in [3.63, 3.8) is 0 Å². The monoisotopic (exact) mass is 487 g/mol. The fraction of sp³-hybridized carbons (Fsp3) is 0.462. The highest BCUT2D eigenvalue weighted by Gasteiger charge is 2.28. The Morgan fingerprint density at radius 2 is 1.59 bits per heavy atom. The number of para-hydroxylation sites is 1. The number of nitrogens with one attached hydrogen (secondary N) is 1. The van der Waals surface area contributed by atoms with Crippen LogP contribution in [0.4, 0.5) is 5.69 Å². The maximum Gasteiger partial charge on any atom is 0.242 e. The van der Waals surface area contributed by atoms with Gasteiger partial charge in [-0.05, 0) is 58.7 Å². The highest BCUT2D eigenvalue weighted by atomic mass is 32.2. The minimum absolute atomic E-state index is 0.123. The molecule has 0 fully saturated rings. The Bertz CT molecular complexity index is 1060. The molecule has 0 aliphatic heterocycles. The SMILES string of the molecule is Cc1ccc(CN(C(=O)CCCN(c2ccccc2)S(C)(=O)=O)C(C)C(=O)NC(C)(C)C)cc1. The molecule has 0 saturated carbocycles. The summed E-state index contributed by atoms with van der Waals surface area (Å²) in [6, 6.07) is 16.0. The average molecular weight is 488 g/mol. The van der Waals surface area contributed by atoms with Crippen LogP contribution in [0.15, 0.2) is 54.6 Å². The van der Waals surface area contributed by atoms with Crippen molar-refractivity contribution in [1.29, 1.82) is 0 Å². The van der Waals surface area contributed by atoms with E-state index in [1.54, 1.807) is 36.1 Å². The summed E-state index contributed by atoms with van der Waals surface area (Å²) in [4.78, 5) is 27.7. The van der Waals surface area contributed by atoms with Crippen molar-refractivity contribution in [3.8, 4) is 0 Å². The second-order valence-electron chi connectivity index (χ2n) is 9.70. The molecule has 0 radical (unpaired) electrons. The van der Waals surface area contributed by atoms with Gasteiger partial charge in [0.2, 0.25) is 21.8 Å². The third-order valence-electron chi connectivity index (χ3n) is 5.34. The summed E-state index contributed by atoms with van der Waals surface area (Å²) in [5, 5.41) is 2.94. The molecule has 186 valence electrons. The van der Waals surface area contributed by atoms with Gasteiger partial charge >= 0.3 is 0 Å². The fourth-order valence-corrected chi connectivity index (χ4v) is 4.51. The molecule has 2 rings (SSSR count). The van der Waals surface area contributed by atoms with Crippen LogP contribution in [-0.4, -0.2) is 49.5 Å². The van der Waals surface area contributed by atoms with Crippen LogP contribution in [-0.2, 0) is 26.2 Å². The number of anilines is 1. The summed E-state index contributed by atoms with van der Waals surface area (Å²) in [6.07, 6.45) is 1.61. The lowest BCUT2D eigenvalue weighted by Crippen LogP contribution is -2.52. The normalized spacial score (nSPS) is 12.6. The second-order valence-corrected chi connectivity index (χ2v) is 11.6. The van der Waals surface area contributed by atoms with Crippen molar-refractivity contribution < 1.29 is 18.0 Å². The number of nitrogens with zero attached hydrogens (tertiary/aromatic N) is 2. The van der Waals surface area contributed by atoms with E-state index in [-0.39, 0.29) is 24.8 Å². The molecule has 1 atom stereocenters. The first-order valence-corrected chi connectivity index (χ1v) is 13.3. The van der Waals surface area contributed by atoms with Crippen LogP contribution >= 0.6 is 0 Å². The van der Waals surface area contributed by atoms with Gasteiger partial charge in [0.05, 0.1) is 11.9 Å². The molecule has 2 aromatic rings. The summed E-state index contributed by atoms with van der Waals surface area (Å²) in [5.74, 6) is -0.423. The molecular weight excluding hydrogens is 450 g/mol. The Kier molecular flexibility index (Phi) is 9.27. The molecule has 0 aliphatic rings. The highest BCUT2D eigenvalue weighted by molar-refractivity contribution is 7.92. The number of amides is 2. The summed E-state index contributed by atoms with van der Waals surface area (Å²) < 4.78 is 25.9. The Balaban J connectivity index is 2.16. The Labute approximate surface area is 204 Å². The zero-order valence-corrected chi connectivity index (χ0v) is 21.9. The van der Waals surface area contributed by atoms with Gasteiger partial charge in [-0.3, -0.25) is 13.9 Å². The van der Waals surface area contributed by atoms with E-state index in [1.807, 2.05) is 58.0 Å². The molecule has 0 saturated heterocycles. The Morgan fingerprint density at radius 3 is 2.12 bits per heavy atom. The molecule has 0 aliphatic carbocycles. The molecule has 0 bridgehead atoms. The van der Waals surface area contributed by atoms with E-state index in [1.165, 1.54) is 4.31 Å². The van der Waals surface area contributed by atoms with E-state index in [0.29, 0.717) is 18.7 Å². The van der Waals surface area contributed by atoms with Gasteiger partial charge in [-0.1, -0.05) is 48.0 Å². The van der Waals surface area contributed by atoms with Gasteiger partial charge < -0.3 is 10.2 Å². The first-order chi connectivity index (χ1) is 15.8. The molecule has 0 aromatic heterocycles. The van der Waals surface area contributed by atoms with Crippen molar-refractivity contribution in [1.82, 2.24) is 10.2 Å².